The van der Waals surface area contributed by atoms with Gasteiger partial charge in [0.15, 0.2) is 0 Å². The molecule has 80 valence electrons. The Hall–Kier alpha value is -0.500. The van der Waals surface area contributed by atoms with E-state index in [0.29, 0.717) is 11.5 Å². The highest BCUT2D eigenvalue weighted by Gasteiger charge is 2.44. The zero-order valence-corrected chi connectivity index (χ0v) is 10.6. The minimum atomic E-state index is 0.372. The topological polar surface area (TPSA) is 12.0 Å². The summed E-state index contributed by atoms with van der Waals surface area (Å²) in [6.45, 7) is 2.42. The molecule has 2 atom stereocenters. The third-order valence-electron chi connectivity index (χ3n) is 4.13. The van der Waals surface area contributed by atoms with Crippen molar-refractivity contribution in [3.05, 3.63) is 28.2 Å². The van der Waals surface area contributed by atoms with Crippen LogP contribution >= 0.6 is 15.9 Å². The van der Waals surface area contributed by atoms with Gasteiger partial charge in [-0.2, -0.15) is 0 Å². The van der Waals surface area contributed by atoms with Gasteiger partial charge >= 0.3 is 0 Å². The monoisotopic (exact) mass is 265 g/mol. The Morgan fingerprint density at radius 2 is 2.27 bits per heavy atom. The van der Waals surface area contributed by atoms with E-state index in [1.165, 1.54) is 41.4 Å². The van der Waals surface area contributed by atoms with Gasteiger partial charge in [-0.05, 0) is 36.6 Å². The predicted octanol–water partition coefficient (Wildman–Crippen LogP) is 4.07. The van der Waals surface area contributed by atoms with Crippen molar-refractivity contribution in [2.45, 2.75) is 44.1 Å². The van der Waals surface area contributed by atoms with E-state index in [0.717, 1.165) is 0 Å². The molecule has 2 unspecified atom stereocenters. The van der Waals surface area contributed by atoms with Crippen molar-refractivity contribution in [2.24, 2.45) is 0 Å². The maximum Gasteiger partial charge on any atom is 0.0382 e. The number of fused-ring (bicyclic) bond motifs is 3. The van der Waals surface area contributed by atoms with Gasteiger partial charge in [0.25, 0.3) is 0 Å². The third-order valence-corrected chi connectivity index (χ3v) is 4.63. The third kappa shape index (κ3) is 1.34. The summed E-state index contributed by atoms with van der Waals surface area (Å²) in [7, 11) is 0. The van der Waals surface area contributed by atoms with Crippen LogP contribution in [0.1, 0.15) is 38.2 Å². The number of benzene rings is 1. The molecule has 1 aliphatic carbocycles. The van der Waals surface area contributed by atoms with Gasteiger partial charge in [-0.15, -0.1) is 0 Å². The van der Waals surface area contributed by atoms with E-state index in [1.807, 2.05) is 0 Å². The Balaban J connectivity index is 2.11. The van der Waals surface area contributed by atoms with Crippen LogP contribution in [0.3, 0.4) is 0 Å². The Kier molecular flexibility index (Phi) is 2.10. The summed E-state index contributed by atoms with van der Waals surface area (Å²) in [6, 6.07) is 7.30. The fourth-order valence-corrected chi connectivity index (χ4v) is 3.55. The first kappa shape index (κ1) is 9.71. The molecule has 0 bridgehead atoms. The highest BCUT2D eigenvalue weighted by atomic mass is 79.9. The van der Waals surface area contributed by atoms with Gasteiger partial charge in [-0.3, -0.25) is 0 Å². The molecule has 2 heteroatoms. The molecule has 0 saturated heterocycles. The second-order valence-electron chi connectivity index (χ2n) is 5.05. The van der Waals surface area contributed by atoms with E-state index >= 15 is 0 Å². The molecular weight excluding hydrogens is 250 g/mol. The van der Waals surface area contributed by atoms with Crippen LogP contribution in [0.15, 0.2) is 22.7 Å². The van der Waals surface area contributed by atoms with Gasteiger partial charge in [-0.1, -0.05) is 35.7 Å². The molecular formula is C13H16BrN. The molecule has 0 amide bonds. The number of anilines is 1. The van der Waals surface area contributed by atoms with Crippen molar-refractivity contribution >= 4 is 21.6 Å². The number of nitrogens with one attached hydrogen (secondary N) is 1. The van der Waals surface area contributed by atoms with Crippen LogP contribution in [0.5, 0.6) is 0 Å². The molecule has 1 saturated carbocycles. The lowest BCUT2D eigenvalue weighted by Gasteiger charge is -2.36. The lowest BCUT2D eigenvalue weighted by molar-refractivity contribution is 0.305. The maximum absolute atomic E-state index is 3.68. The fraction of sp³-hybridized carbons (Fsp3) is 0.538. The summed E-state index contributed by atoms with van der Waals surface area (Å²) in [4.78, 5) is 0. The molecule has 0 aromatic heterocycles. The van der Waals surface area contributed by atoms with Crippen LogP contribution in [-0.2, 0) is 5.41 Å². The van der Waals surface area contributed by atoms with Crippen molar-refractivity contribution in [3.63, 3.8) is 0 Å². The Morgan fingerprint density at radius 1 is 1.40 bits per heavy atom. The average Bonchev–Trinajstić information content (AvgIpc) is 2.51. The fourth-order valence-electron chi connectivity index (χ4n) is 3.19. The average molecular weight is 266 g/mol. The quantitative estimate of drug-likeness (QED) is 0.746. The Morgan fingerprint density at radius 3 is 3.13 bits per heavy atom. The molecule has 1 N–H and O–H groups in total. The first-order chi connectivity index (χ1) is 7.20. The summed E-state index contributed by atoms with van der Waals surface area (Å²) in [5, 5.41) is 3.68. The van der Waals surface area contributed by atoms with E-state index in [4.69, 9.17) is 0 Å². The minimum absolute atomic E-state index is 0.372. The number of hydrogen-bond acceptors (Lipinski definition) is 1. The van der Waals surface area contributed by atoms with Gasteiger partial charge in [-0.25, -0.2) is 0 Å². The first-order valence-electron chi connectivity index (χ1n) is 5.77. The Bertz CT molecular complexity index is 402. The molecule has 1 fully saturated rings. The first-order valence-corrected chi connectivity index (χ1v) is 6.56. The predicted molar refractivity (Wildman–Crippen MR) is 67.4 cm³/mol. The molecule has 2 aliphatic rings. The Labute approximate surface area is 99.4 Å². The zero-order valence-electron chi connectivity index (χ0n) is 9.02. The number of rotatable bonds is 0. The van der Waals surface area contributed by atoms with Gasteiger partial charge in [0, 0.05) is 21.6 Å². The molecule has 0 radical (unpaired) electrons. The number of hydrogen-bond donors (Lipinski definition) is 1. The van der Waals surface area contributed by atoms with Crippen LogP contribution in [0.25, 0.3) is 0 Å². The van der Waals surface area contributed by atoms with E-state index < -0.39 is 0 Å². The molecule has 3 rings (SSSR count). The molecule has 15 heavy (non-hydrogen) atoms. The summed E-state index contributed by atoms with van der Waals surface area (Å²) in [6.07, 6.45) is 5.40. The minimum Gasteiger partial charge on any atom is -0.381 e. The molecule has 0 spiro atoms. The van der Waals surface area contributed by atoms with Gasteiger partial charge in [0.1, 0.15) is 0 Å². The molecule has 1 aliphatic heterocycles. The molecule has 1 aromatic carbocycles. The highest BCUT2D eigenvalue weighted by molar-refractivity contribution is 9.10. The van der Waals surface area contributed by atoms with Gasteiger partial charge in [0.2, 0.25) is 0 Å². The van der Waals surface area contributed by atoms with Crippen molar-refractivity contribution < 1.29 is 0 Å². The molecule has 1 nitrogen and oxygen atoms in total. The maximum atomic E-state index is 3.68. The number of halogens is 1. The largest absolute Gasteiger partial charge is 0.381 e. The molecule has 1 aromatic rings. The highest BCUT2D eigenvalue weighted by Crippen LogP contribution is 2.49. The van der Waals surface area contributed by atoms with Crippen LogP contribution in [0.2, 0.25) is 0 Å². The summed E-state index contributed by atoms with van der Waals surface area (Å²) in [5.74, 6) is 0. The van der Waals surface area contributed by atoms with Crippen molar-refractivity contribution in [2.75, 3.05) is 5.32 Å². The van der Waals surface area contributed by atoms with Crippen LogP contribution in [0, 0.1) is 0 Å². The van der Waals surface area contributed by atoms with E-state index in [1.54, 1.807) is 0 Å². The smallest absolute Gasteiger partial charge is 0.0382 e. The second kappa shape index (κ2) is 3.24. The van der Waals surface area contributed by atoms with E-state index in [9.17, 15) is 0 Å². The van der Waals surface area contributed by atoms with Crippen LogP contribution in [0.4, 0.5) is 5.69 Å². The normalized spacial score (nSPS) is 33.1. The van der Waals surface area contributed by atoms with Gasteiger partial charge in [0.05, 0.1) is 0 Å². The van der Waals surface area contributed by atoms with Crippen molar-refractivity contribution in [3.8, 4) is 0 Å². The summed E-state index contributed by atoms with van der Waals surface area (Å²) < 4.78 is 1.20. The van der Waals surface area contributed by atoms with E-state index in [-0.39, 0.29) is 0 Å². The van der Waals surface area contributed by atoms with E-state index in [2.05, 4.69) is 46.4 Å². The summed E-state index contributed by atoms with van der Waals surface area (Å²) >= 11 is 3.58. The van der Waals surface area contributed by atoms with Crippen molar-refractivity contribution in [1.82, 2.24) is 0 Å². The van der Waals surface area contributed by atoms with Crippen LogP contribution in [-0.4, -0.2) is 6.04 Å². The van der Waals surface area contributed by atoms with Crippen LogP contribution < -0.4 is 5.32 Å². The molecule has 1 heterocycles. The lowest BCUT2D eigenvalue weighted by atomic mass is 9.70. The van der Waals surface area contributed by atoms with Crippen molar-refractivity contribution in [1.29, 1.82) is 0 Å². The summed E-state index contributed by atoms with van der Waals surface area (Å²) in [5.41, 5.74) is 3.24. The second-order valence-corrected chi connectivity index (χ2v) is 5.97. The zero-order chi connectivity index (χ0) is 10.5. The van der Waals surface area contributed by atoms with Gasteiger partial charge < -0.3 is 5.32 Å². The standard InChI is InChI=1S/C13H16BrN/c1-13-7-3-2-4-12(13)15-11-6-5-9(14)8-10(11)13/h5-6,8,12,15H,2-4,7H2,1H3. The SMILES string of the molecule is CC12CCCCC1Nc1ccc(Br)cc12. The lowest BCUT2D eigenvalue weighted by Crippen LogP contribution is -2.38.